The van der Waals surface area contributed by atoms with Crippen molar-refractivity contribution in [2.75, 3.05) is 7.11 Å². The zero-order valence-corrected chi connectivity index (χ0v) is 26.4. The number of amides is 2. The SMILES string of the molecule is COc1ccc([C@H]2C3=CC[C@@H]4C(=O)N(C(C)(C)C)C(=O)[C@@H]4[C@@H]3C[C@H]3C(=O)C(c4ccccc4)=CC(=O)[C@@]23c2ccccc2)cc1O. The highest BCUT2D eigenvalue weighted by atomic mass is 16.5. The van der Waals surface area contributed by atoms with Crippen LogP contribution in [-0.4, -0.2) is 46.0 Å². The Morgan fingerprint density at radius 2 is 1.54 bits per heavy atom. The fourth-order valence-corrected chi connectivity index (χ4v) is 8.80. The van der Waals surface area contributed by atoms with E-state index >= 15 is 4.79 Å². The van der Waals surface area contributed by atoms with E-state index in [1.54, 1.807) is 12.1 Å². The molecule has 234 valence electrons. The Hall–Kier alpha value is -4.78. The summed E-state index contributed by atoms with van der Waals surface area (Å²) in [5, 5.41) is 11.0. The third-order valence-electron chi connectivity index (χ3n) is 10.6. The maximum Gasteiger partial charge on any atom is 0.234 e. The van der Waals surface area contributed by atoms with Crippen LogP contribution in [-0.2, 0) is 24.6 Å². The van der Waals surface area contributed by atoms with E-state index in [0.29, 0.717) is 28.7 Å². The van der Waals surface area contributed by atoms with Crippen LogP contribution in [0.15, 0.2) is 96.6 Å². The summed E-state index contributed by atoms with van der Waals surface area (Å²) in [6.45, 7) is 5.58. The monoisotopic (exact) mass is 615 g/mol. The van der Waals surface area contributed by atoms with Crippen LogP contribution in [0.1, 0.15) is 56.2 Å². The molecule has 7 nitrogen and oxygen atoms in total. The van der Waals surface area contributed by atoms with E-state index in [0.717, 1.165) is 5.57 Å². The van der Waals surface area contributed by atoms with Crippen molar-refractivity contribution in [3.05, 3.63) is 113 Å². The topological polar surface area (TPSA) is 101 Å². The third-order valence-corrected chi connectivity index (χ3v) is 10.6. The molecule has 0 spiro atoms. The maximum atomic E-state index is 15.0. The van der Waals surface area contributed by atoms with Crippen molar-refractivity contribution >= 4 is 29.0 Å². The lowest BCUT2D eigenvalue weighted by Gasteiger charge is -2.55. The smallest absolute Gasteiger partial charge is 0.234 e. The molecule has 7 heteroatoms. The lowest BCUT2D eigenvalue weighted by molar-refractivity contribution is -0.145. The highest BCUT2D eigenvalue weighted by Crippen LogP contribution is 2.64. The fraction of sp³-hybridized carbons (Fsp3) is 0.333. The number of likely N-dealkylation sites (tertiary alicyclic amines) is 1. The van der Waals surface area contributed by atoms with Crippen molar-refractivity contribution in [1.82, 2.24) is 4.90 Å². The number of carbonyl (C=O) groups excluding carboxylic acids is 4. The van der Waals surface area contributed by atoms with Crippen molar-refractivity contribution in [2.24, 2.45) is 23.7 Å². The Morgan fingerprint density at radius 1 is 0.870 bits per heavy atom. The van der Waals surface area contributed by atoms with Gasteiger partial charge in [0.25, 0.3) is 0 Å². The summed E-state index contributed by atoms with van der Waals surface area (Å²) in [6, 6.07) is 23.7. The number of benzene rings is 3. The van der Waals surface area contributed by atoms with Gasteiger partial charge in [-0.25, -0.2) is 0 Å². The van der Waals surface area contributed by atoms with Crippen molar-refractivity contribution in [3.63, 3.8) is 0 Å². The predicted molar refractivity (Wildman–Crippen MR) is 173 cm³/mol. The number of imide groups is 1. The van der Waals surface area contributed by atoms with Gasteiger partial charge in [0, 0.05) is 22.9 Å². The van der Waals surface area contributed by atoms with Gasteiger partial charge < -0.3 is 9.84 Å². The summed E-state index contributed by atoms with van der Waals surface area (Å²) in [6.07, 6.45) is 4.13. The summed E-state index contributed by atoms with van der Waals surface area (Å²) in [7, 11) is 1.47. The van der Waals surface area contributed by atoms with E-state index in [1.807, 2.05) is 93.6 Å². The summed E-state index contributed by atoms with van der Waals surface area (Å²) in [5.74, 6) is -3.73. The van der Waals surface area contributed by atoms with Crippen LogP contribution in [0.25, 0.3) is 5.57 Å². The summed E-state index contributed by atoms with van der Waals surface area (Å²) >= 11 is 0. The first-order chi connectivity index (χ1) is 22.0. The average molecular weight is 616 g/mol. The van der Waals surface area contributed by atoms with Crippen LogP contribution in [0.2, 0.25) is 0 Å². The Kier molecular flexibility index (Phi) is 6.92. The minimum atomic E-state index is -1.35. The van der Waals surface area contributed by atoms with Gasteiger partial charge in [0.2, 0.25) is 11.8 Å². The summed E-state index contributed by atoms with van der Waals surface area (Å²) < 4.78 is 5.36. The van der Waals surface area contributed by atoms with Crippen LogP contribution in [0.5, 0.6) is 11.5 Å². The number of Topliss-reactive ketones (excluding diaryl/α,β-unsaturated/α-hetero) is 1. The quantitative estimate of drug-likeness (QED) is 0.285. The molecule has 1 aliphatic heterocycles. The van der Waals surface area contributed by atoms with E-state index in [1.165, 1.54) is 18.1 Å². The second-order valence-electron chi connectivity index (χ2n) is 13.9. The number of ether oxygens (including phenoxy) is 1. The van der Waals surface area contributed by atoms with Crippen LogP contribution < -0.4 is 4.74 Å². The first-order valence-electron chi connectivity index (χ1n) is 15.9. The fourth-order valence-electron chi connectivity index (χ4n) is 8.80. The number of fused-ring (bicyclic) bond motifs is 4. The number of aromatic hydroxyl groups is 1. The molecule has 1 N–H and O–H groups in total. The van der Waals surface area contributed by atoms with E-state index < -0.39 is 40.5 Å². The minimum absolute atomic E-state index is 0.0858. The number of phenols is 1. The molecule has 3 aromatic rings. The molecule has 2 fully saturated rings. The van der Waals surface area contributed by atoms with Gasteiger partial charge in [0.1, 0.15) is 0 Å². The molecule has 7 rings (SSSR count). The standard InChI is InChI=1S/C39H37NO6/c1-38(2,3)40-36(44)26-17-16-25-28(33(26)37(40)45)20-29-35(43)27(22-11-7-5-8-12-22)21-32(42)39(29,24-13-9-6-10-14-24)34(25)23-15-18-31(46-4)30(41)19-23/h5-16,18-19,21,26,28-29,33-34,41H,17,20H2,1-4H3/t26-,28+,29-,33-,34-,39-/m0/s1. The molecule has 46 heavy (non-hydrogen) atoms. The van der Waals surface area contributed by atoms with Crippen molar-refractivity contribution in [2.45, 2.75) is 50.5 Å². The van der Waals surface area contributed by atoms with E-state index in [9.17, 15) is 19.5 Å². The molecule has 6 atom stereocenters. The van der Waals surface area contributed by atoms with E-state index in [-0.39, 0.29) is 41.3 Å². The van der Waals surface area contributed by atoms with Crippen molar-refractivity contribution in [3.8, 4) is 11.5 Å². The van der Waals surface area contributed by atoms with Gasteiger partial charge in [0.05, 0.1) is 24.4 Å². The number of nitrogens with zero attached hydrogens (tertiary/aromatic N) is 1. The van der Waals surface area contributed by atoms with Crippen LogP contribution in [0.4, 0.5) is 0 Å². The normalized spacial score (nSPS) is 29.0. The first-order valence-corrected chi connectivity index (χ1v) is 15.9. The highest BCUT2D eigenvalue weighted by Gasteiger charge is 2.66. The van der Waals surface area contributed by atoms with Crippen molar-refractivity contribution < 1.29 is 29.0 Å². The van der Waals surface area contributed by atoms with Gasteiger partial charge in [-0.15, -0.1) is 0 Å². The van der Waals surface area contributed by atoms with Crippen molar-refractivity contribution in [1.29, 1.82) is 0 Å². The van der Waals surface area contributed by atoms with Gasteiger partial charge in [-0.1, -0.05) is 78.4 Å². The Bertz CT molecular complexity index is 1830. The lowest BCUT2D eigenvalue weighted by atomic mass is 9.44. The molecule has 1 saturated carbocycles. The molecule has 0 aromatic heterocycles. The number of carbonyl (C=O) groups is 4. The zero-order chi connectivity index (χ0) is 32.5. The van der Waals surface area contributed by atoms with Crippen LogP contribution in [0.3, 0.4) is 0 Å². The van der Waals surface area contributed by atoms with Gasteiger partial charge in [0.15, 0.2) is 23.1 Å². The zero-order valence-electron chi connectivity index (χ0n) is 26.4. The molecule has 1 heterocycles. The average Bonchev–Trinajstić information content (AvgIpc) is 3.32. The molecule has 3 aromatic carbocycles. The molecule has 0 radical (unpaired) electrons. The van der Waals surface area contributed by atoms with Gasteiger partial charge in [-0.05, 0) is 74.4 Å². The number of hydrogen-bond acceptors (Lipinski definition) is 6. The number of ketones is 2. The molecular formula is C39H37NO6. The number of hydrogen-bond donors (Lipinski definition) is 1. The third kappa shape index (κ3) is 4.17. The number of rotatable bonds is 4. The highest BCUT2D eigenvalue weighted by molar-refractivity contribution is 6.31. The molecule has 1 saturated heterocycles. The summed E-state index contributed by atoms with van der Waals surface area (Å²) in [5.41, 5.74) is 1.17. The predicted octanol–water partition coefficient (Wildman–Crippen LogP) is 6.02. The molecule has 2 amide bonds. The molecule has 4 aliphatic rings. The maximum absolute atomic E-state index is 15.0. The number of phenolic OH excluding ortho intramolecular Hbond substituents is 1. The Balaban J connectivity index is 1.51. The van der Waals surface area contributed by atoms with Gasteiger partial charge in [-0.2, -0.15) is 0 Å². The van der Waals surface area contributed by atoms with Gasteiger partial charge in [-0.3, -0.25) is 24.1 Å². The Labute approximate surface area is 268 Å². The number of methoxy groups -OCH3 is 1. The second kappa shape index (κ2) is 10.6. The minimum Gasteiger partial charge on any atom is -0.504 e. The molecular weight excluding hydrogens is 578 g/mol. The molecule has 3 aliphatic carbocycles. The molecule has 0 unspecified atom stereocenters. The first kappa shape index (κ1) is 29.9. The van der Waals surface area contributed by atoms with Crippen LogP contribution in [0, 0.1) is 23.7 Å². The second-order valence-corrected chi connectivity index (χ2v) is 13.9. The summed E-state index contributed by atoms with van der Waals surface area (Å²) in [4.78, 5) is 59.3. The van der Waals surface area contributed by atoms with E-state index in [4.69, 9.17) is 4.74 Å². The number of allylic oxidation sites excluding steroid dienone is 4. The van der Waals surface area contributed by atoms with Crippen LogP contribution >= 0.6 is 0 Å². The lowest BCUT2D eigenvalue weighted by Crippen LogP contribution is -2.59. The van der Waals surface area contributed by atoms with Gasteiger partial charge >= 0.3 is 0 Å². The van der Waals surface area contributed by atoms with E-state index in [2.05, 4.69) is 0 Å². The largest absolute Gasteiger partial charge is 0.504 e. The Morgan fingerprint density at radius 3 is 2.17 bits per heavy atom. The molecule has 0 bridgehead atoms.